The van der Waals surface area contributed by atoms with E-state index < -0.39 is 0 Å². The quantitative estimate of drug-likeness (QED) is 0.517. The molecule has 74 valence electrons. The third kappa shape index (κ3) is 7.36. The summed E-state index contributed by atoms with van der Waals surface area (Å²) < 4.78 is 0. The Hall–Kier alpha value is -1.00. The molecule has 0 aliphatic rings. The van der Waals surface area contributed by atoms with Gasteiger partial charge in [0.1, 0.15) is 0 Å². The average Bonchev–Trinajstić information content (AvgIpc) is 2.17. The molecule has 1 heteroatoms. The van der Waals surface area contributed by atoms with E-state index in [1.165, 1.54) is 5.57 Å². The van der Waals surface area contributed by atoms with Gasteiger partial charge in [0.25, 0.3) is 0 Å². The number of nitrogens with one attached hydrogen (secondary N) is 1. The minimum Gasteiger partial charge on any atom is -0.310 e. The molecule has 13 heavy (non-hydrogen) atoms. The summed E-state index contributed by atoms with van der Waals surface area (Å²) in [5.74, 6) is 0. The van der Waals surface area contributed by atoms with Gasteiger partial charge in [-0.1, -0.05) is 25.2 Å². The van der Waals surface area contributed by atoms with Gasteiger partial charge in [0.2, 0.25) is 0 Å². The molecule has 0 aliphatic heterocycles. The lowest BCUT2D eigenvalue weighted by atomic mass is 10.1. The predicted molar refractivity (Wildman–Crippen MR) is 61.6 cm³/mol. The number of likely N-dealkylation sites (N-methyl/N-ethyl adjacent to an activating group) is 1. The molecular formula is C12H21N. The summed E-state index contributed by atoms with van der Waals surface area (Å²) in [6, 6.07) is 0.473. The van der Waals surface area contributed by atoms with Gasteiger partial charge >= 0.3 is 0 Å². The Morgan fingerprint density at radius 2 is 1.92 bits per heavy atom. The number of hydrogen-bond acceptors (Lipinski definition) is 1. The van der Waals surface area contributed by atoms with Crippen LogP contribution < -0.4 is 5.32 Å². The number of rotatable bonds is 4. The number of hydrogen-bond donors (Lipinski definition) is 1. The second kappa shape index (κ2) is 11.0. The van der Waals surface area contributed by atoms with Crippen LogP contribution in [0, 0.1) is 12.8 Å². The highest BCUT2D eigenvalue weighted by Gasteiger charge is 2.00. The summed E-state index contributed by atoms with van der Waals surface area (Å²) in [5.41, 5.74) is 1.36. The second-order valence-electron chi connectivity index (χ2n) is 2.57. The van der Waals surface area contributed by atoms with E-state index in [4.69, 9.17) is 0 Å². The van der Waals surface area contributed by atoms with E-state index in [9.17, 15) is 0 Å². The molecular weight excluding hydrogens is 158 g/mol. The van der Waals surface area contributed by atoms with E-state index in [-0.39, 0.29) is 0 Å². The first-order chi connectivity index (χ1) is 6.26. The molecule has 0 radical (unpaired) electrons. The first-order valence-electron chi connectivity index (χ1n) is 4.61. The molecule has 1 atom stereocenters. The van der Waals surface area contributed by atoms with Crippen molar-refractivity contribution in [1.29, 1.82) is 0 Å². The van der Waals surface area contributed by atoms with Crippen LogP contribution in [0.1, 0.15) is 27.7 Å². The summed E-state index contributed by atoms with van der Waals surface area (Å²) in [5, 5.41) is 3.36. The Morgan fingerprint density at radius 3 is 2.23 bits per heavy atom. The smallest absolute Gasteiger partial charge is 0.0288 e. The Labute approximate surface area is 82.9 Å². The SMILES string of the molecule is C#C.C/C=C\C(=C/C)C(C)NCC. The summed E-state index contributed by atoms with van der Waals surface area (Å²) >= 11 is 0. The molecule has 0 aromatic heterocycles. The first-order valence-corrected chi connectivity index (χ1v) is 4.61. The van der Waals surface area contributed by atoms with Gasteiger partial charge in [0.05, 0.1) is 0 Å². The van der Waals surface area contributed by atoms with Gasteiger partial charge in [-0.15, -0.1) is 12.8 Å². The van der Waals surface area contributed by atoms with Crippen molar-refractivity contribution < 1.29 is 0 Å². The van der Waals surface area contributed by atoms with E-state index in [2.05, 4.69) is 57.2 Å². The fraction of sp³-hybridized carbons (Fsp3) is 0.500. The molecule has 0 aliphatic carbocycles. The van der Waals surface area contributed by atoms with Crippen molar-refractivity contribution in [3.8, 4) is 12.8 Å². The standard InChI is InChI=1S/C10H19N.C2H2/c1-5-8-10(6-2)9(4)11-7-3;1-2/h5-6,8-9,11H,7H2,1-4H3;1-2H/b8-5-,10-6+;. The third-order valence-corrected chi connectivity index (χ3v) is 1.70. The molecule has 0 bridgehead atoms. The monoisotopic (exact) mass is 179 g/mol. The Balaban J connectivity index is 0. The van der Waals surface area contributed by atoms with Crippen LogP contribution in [0.3, 0.4) is 0 Å². The van der Waals surface area contributed by atoms with Crippen LogP contribution in [0.25, 0.3) is 0 Å². The number of allylic oxidation sites excluding steroid dienone is 2. The van der Waals surface area contributed by atoms with E-state index in [1.807, 2.05) is 6.92 Å². The molecule has 0 heterocycles. The molecule has 0 rings (SSSR count). The van der Waals surface area contributed by atoms with Gasteiger partial charge in [-0.3, -0.25) is 0 Å². The summed E-state index contributed by atoms with van der Waals surface area (Å²) in [6.07, 6.45) is 14.4. The fourth-order valence-corrected chi connectivity index (χ4v) is 1.11. The average molecular weight is 179 g/mol. The van der Waals surface area contributed by atoms with Gasteiger partial charge in [-0.25, -0.2) is 0 Å². The third-order valence-electron chi connectivity index (χ3n) is 1.70. The molecule has 0 aromatic carbocycles. The van der Waals surface area contributed by atoms with E-state index >= 15 is 0 Å². The topological polar surface area (TPSA) is 12.0 Å². The van der Waals surface area contributed by atoms with Crippen LogP contribution in [0.5, 0.6) is 0 Å². The maximum atomic E-state index is 4.00. The minimum atomic E-state index is 0.473. The van der Waals surface area contributed by atoms with Gasteiger partial charge in [-0.05, 0) is 32.9 Å². The zero-order valence-electron chi connectivity index (χ0n) is 9.17. The highest BCUT2D eigenvalue weighted by Crippen LogP contribution is 2.02. The molecule has 0 amide bonds. The van der Waals surface area contributed by atoms with Gasteiger partial charge in [0.15, 0.2) is 0 Å². The van der Waals surface area contributed by atoms with Crippen LogP contribution in [0.2, 0.25) is 0 Å². The molecule has 0 saturated carbocycles. The minimum absolute atomic E-state index is 0.473. The lowest BCUT2D eigenvalue weighted by molar-refractivity contribution is 0.642. The summed E-state index contributed by atoms with van der Waals surface area (Å²) in [6.45, 7) is 9.44. The maximum Gasteiger partial charge on any atom is 0.0288 e. The van der Waals surface area contributed by atoms with Crippen molar-refractivity contribution in [3.05, 3.63) is 23.8 Å². The van der Waals surface area contributed by atoms with Crippen molar-refractivity contribution >= 4 is 0 Å². The van der Waals surface area contributed by atoms with Crippen LogP contribution in [0.15, 0.2) is 23.8 Å². The van der Waals surface area contributed by atoms with Crippen LogP contribution in [0.4, 0.5) is 0 Å². The maximum absolute atomic E-state index is 4.00. The van der Waals surface area contributed by atoms with Crippen LogP contribution >= 0.6 is 0 Å². The predicted octanol–water partition coefficient (Wildman–Crippen LogP) is 2.76. The second-order valence-corrected chi connectivity index (χ2v) is 2.57. The van der Waals surface area contributed by atoms with E-state index in [0.717, 1.165) is 6.54 Å². The zero-order valence-corrected chi connectivity index (χ0v) is 9.17. The van der Waals surface area contributed by atoms with E-state index in [1.54, 1.807) is 0 Å². The molecule has 1 unspecified atom stereocenters. The zero-order chi connectivity index (χ0) is 10.7. The van der Waals surface area contributed by atoms with Crippen molar-refractivity contribution in [3.63, 3.8) is 0 Å². The van der Waals surface area contributed by atoms with Crippen molar-refractivity contribution in [2.24, 2.45) is 0 Å². The summed E-state index contributed by atoms with van der Waals surface area (Å²) in [7, 11) is 0. The Bertz CT molecular complexity index is 175. The molecule has 1 nitrogen and oxygen atoms in total. The molecule has 1 N–H and O–H groups in total. The van der Waals surface area contributed by atoms with Gasteiger partial charge in [0, 0.05) is 6.04 Å². The molecule has 0 aromatic rings. The largest absolute Gasteiger partial charge is 0.310 e. The highest BCUT2D eigenvalue weighted by molar-refractivity contribution is 5.22. The molecule has 0 fully saturated rings. The fourth-order valence-electron chi connectivity index (χ4n) is 1.11. The Morgan fingerprint density at radius 1 is 1.38 bits per heavy atom. The van der Waals surface area contributed by atoms with Gasteiger partial charge in [-0.2, -0.15) is 0 Å². The van der Waals surface area contributed by atoms with Crippen molar-refractivity contribution in [2.45, 2.75) is 33.7 Å². The normalized spacial score (nSPS) is 13.5. The highest BCUT2D eigenvalue weighted by atomic mass is 14.9. The van der Waals surface area contributed by atoms with Gasteiger partial charge < -0.3 is 5.32 Å². The summed E-state index contributed by atoms with van der Waals surface area (Å²) in [4.78, 5) is 0. The molecule has 0 saturated heterocycles. The Kier molecular flexibility index (Phi) is 12.3. The molecule has 0 spiro atoms. The van der Waals surface area contributed by atoms with Crippen LogP contribution in [-0.4, -0.2) is 12.6 Å². The number of terminal acetylenes is 1. The lowest BCUT2D eigenvalue weighted by Gasteiger charge is -2.12. The van der Waals surface area contributed by atoms with Crippen molar-refractivity contribution in [1.82, 2.24) is 5.32 Å². The van der Waals surface area contributed by atoms with Crippen LogP contribution in [-0.2, 0) is 0 Å². The van der Waals surface area contributed by atoms with Crippen molar-refractivity contribution in [2.75, 3.05) is 6.54 Å². The first kappa shape index (κ1) is 14.5. The lowest BCUT2D eigenvalue weighted by Crippen LogP contribution is -2.26. The van der Waals surface area contributed by atoms with E-state index in [0.29, 0.717) is 6.04 Å².